The number of pyridine rings is 1. The second kappa shape index (κ2) is 7.84. The molecule has 0 saturated carbocycles. The van der Waals surface area contributed by atoms with Crippen LogP contribution in [0.25, 0.3) is 27.6 Å². The summed E-state index contributed by atoms with van der Waals surface area (Å²) in [6, 6.07) is 11.4. The number of halogens is 2. The van der Waals surface area contributed by atoms with Crippen LogP contribution in [0.1, 0.15) is 25.1 Å². The fourth-order valence-corrected chi connectivity index (χ4v) is 3.88. The molecule has 0 bridgehead atoms. The standard InChI is InChI=1S/C23H18F2N6O/c1-2-17(30-22-20-21(27-11-26-20)28-12-29-22)18-10-13-4-3-5-16(25)19(13)23(32)31(18)15-8-6-14(24)7-9-15/h3-12,17H,2H2,1H3,(H2,26,27,28,29,30)/t17-/m0/s1. The maximum atomic E-state index is 14.6. The van der Waals surface area contributed by atoms with Crippen LogP contribution in [0.3, 0.4) is 0 Å². The molecule has 7 nitrogen and oxygen atoms in total. The molecule has 32 heavy (non-hydrogen) atoms. The molecular weight excluding hydrogens is 414 g/mol. The van der Waals surface area contributed by atoms with Crippen LogP contribution in [-0.2, 0) is 0 Å². The van der Waals surface area contributed by atoms with E-state index in [4.69, 9.17) is 0 Å². The number of rotatable bonds is 5. The Bertz CT molecular complexity index is 1490. The topological polar surface area (TPSA) is 88.5 Å². The number of anilines is 1. The molecule has 0 aliphatic rings. The van der Waals surface area contributed by atoms with Gasteiger partial charge in [-0.05, 0) is 48.2 Å². The first-order valence-electron chi connectivity index (χ1n) is 10.1. The van der Waals surface area contributed by atoms with Gasteiger partial charge in [-0.2, -0.15) is 0 Å². The van der Waals surface area contributed by atoms with E-state index in [1.54, 1.807) is 18.2 Å². The minimum Gasteiger partial charge on any atom is -0.360 e. The molecule has 0 unspecified atom stereocenters. The van der Waals surface area contributed by atoms with E-state index in [0.717, 1.165) is 0 Å². The summed E-state index contributed by atoms with van der Waals surface area (Å²) in [5.41, 5.74) is 1.65. The zero-order valence-corrected chi connectivity index (χ0v) is 17.0. The summed E-state index contributed by atoms with van der Waals surface area (Å²) in [6.07, 6.45) is 3.51. The summed E-state index contributed by atoms with van der Waals surface area (Å²) in [5, 5.41) is 3.82. The van der Waals surface area contributed by atoms with Crippen molar-refractivity contribution in [3.05, 3.63) is 88.9 Å². The highest BCUT2D eigenvalue weighted by atomic mass is 19.1. The van der Waals surface area contributed by atoms with Gasteiger partial charge < -0.3 is 10.3 Å². The van der Waals surface area contributed by atoms with Gasteiger partial charge in [0.15, 0.2) is 11.5 Å². The van der Waals surface area contributed by atoms with Gasteiger partial charge in [-0.25, -0.2) is 23.7 Å². The minimum absolute atomic E-state index is 0.0200. The zero-order valence-electron chi connectivity index (χ0n) is 17.0. The quantitative estimate of drug-likeness (QED) is 0.427. The van der Waals surface area contributed by atoms with Gasteiger partial charge in [0.25, 0.3) is 5.56 Å². The average molecular weight is 432 g/mol. The van der Waals surface area contributed by atoms with Crippen LogP contribution < -0.4 is 10.9 Å². The summed E-state index contributed by atoms with van der Waals surface area (Å²) in [4.78, 5) is 29.0. The molecule has 3 heterocycles. The van der Waals surface area contributed by atoms with Crippen LogP contribution >= 0.6 is 0 Å². The smallest absolute Gasteiger partial charge is 0.266 e. The lowest BCUT2D eigenvalue weighted by Crippen LogP contribution is -2.27. The van der Waals surface area contributed by atoms with Crippen molar-refractivity contribution in [3.8, 4) is 5.69 Å². The third kappa shape index (κ3) is 3.27. The molecule has 0 radical (unpaired) electrons. The fourth-order valence-electron chi connectivity index (χ4n) is 3.88. The molecule has 2 N–H and O–H groups in total. The molecular formula is C23H18F2N6O. The Balaban J connectivity index is 1.74. The summed E-state index contributed by atoms with van der Waals surface area (Å²) in [7, 11) is 0. The number of imidazole rings is 1. The first-order valence-corrected chi connectivity index (χ1v) is 10.1. The van der Waals surface area contributed by atoms with E-state index in [-0.39, 0.29) is 11.4 Å². The maximum absolute atomic E-state index is 14.6. The highest BCUT2D eigenvalue weighted by molar-refractivity contribution is 5.84. The lowest BCUT2D eigenvalue weighted by molar-refractivity contribution is 0.625. The Morgan fingerprint density at radius 1 is 1.09 bits per heavy atom. The van der Waals surface area contributed by atoms with Gasteiger partial charge in [0.2, 0.25) is 0 Å². The molecule has 1 atom stereocenters. The van der Waals surface area contributed by atoms with E-state index in [1.807, 2.05) is 6.92 Å². The van der Waals surface area contributed by atoms with Crippen molar-refractivity contribution in [2.24, 2.45) is 0 Å². The van der Waals surface area contributed by atoms with Crippen molar-refractivity contribution >= 4 is 27.8 Å². The SMILES string of the molecule is CC[C@H](Nc1ncnc2nc[nH]c12)c1cc2cccc(F)c2c(=O)n1-c1ccc(F)cc1. The largest absolute Gasteiger partial charge is 0.360 e. The maximum Gasteiger partial charge on any atom is 0.266 e. The van der Waals surface area contributed by atoms with Crippen molar-refractivity contribution in [2.75, 3.05) is 5.32 Å². The van der Waals surface area contributed by atoms with E-state index in [0.29, 0.717) is 40.2 Å². The van der Waals surface area contributed by atoms with Crippen molar-refractivity contribution in [1.29, 1.82) is 0 Å². The Hall–Kier alpha value is -4.14. The van der Waals surface area contributed by atoms with Crippen LogP contribution in [0.4, 0.5) is 14.6 Å². The van der Waals surface area contributed by atoms with Crippen molar-refractivity contribution in [2.45, 2.75) is 19.4 Å². The predicted molar refractivity (Wildman–Crippen MR) is 118 cm³/mol. The van der Waals surface area contributed by atoms with E-state index in [1.165, 1.54) is 47.6 Å². The van der Waals surface area contributed by atoms with Crippen LogP contribution in [-0.4, -0.2) is 24.5 Å². The van der Waals surface area contributed by atoms with Gasteiger partial charge in [-0.15, -0.1) is 0 Å². The minimum atomic E-state index is -0.606. The monoisotopic (exact) mass is 432 g/mol. The number of nitrogens with one attached hydrogen (secondary N) is 2. The summed E-state index contributed by atoms with van der Waals surface area (Å²) >= 11 is 0. The summed E-state index contributed by atoms with van der Waals surface area (Å²) in [5.74, 6) is -0.509. The molecule has 0 fully saturated rings. The molecule has 0 amide bonds. The highest BCUT2D eigenvalue weighted by Gasteiger charge is 2.21. The van der Waals surface area contributed by atoms with Gasteiger partial charge in [0.1, 0.15) is 23.5 Å². The van der Waals surface area contributed by atoms with Crippen LogP contribution in [0, 0.1) is 11.6 Å². The number of H-pyrrole nitrogens is 1. The van der Waals surface area contributed by atoms with Gasteiger partial charge in [-0.3, -0.25) is 9.36 Å². The first kappa shape index (κ1) is 19.8. The first-order chi connectivity index (χ1) is 15.6. The van der Waals surface area contributed by atoms with Crippen molar-refractivity contribution in [1.82, 2.24) is 24.5 Å². The zero-order chi connectivity index (χ0) is 22.2. The Labute approximate surface area is 180 Å². The number of aromatic amines is 1. The second-order valence-corrected chi connectivity index (χ2v) is 7.32. The van der Waals surface area contributed by atoms with E-state index >= 15 is 0 Å². The molecule has 160 valence electrons. The van der Waals surface area contributed by atoms with Crippen molar-refractivity contribution in [3.63, 3.8) is 0 Å². The Kier molecular flexibility index (Phi) is 4.85. The normalized spacial score (nSPS) is 12.3. The number of benzene rings is 2. The lowest BCUT2D eigenvalue weighted by atomic mass is 10.0. The average Bonchev–Trinajstić information content (AvgIpc) is 3.28. The molecule has 3 aromatic heterocycles. The fraction of sp³-hybridized carbons (Fsp3) is 0.130. The molecule has 9 heteroatoms. The molecule has 0 spiro atoms. The molecule has 5 aromatic rings. The molecule has 0 aliphatic carbocycles. The third-order valence-corrected chi connectivity index (χ3v) is 5.41. The lowest BCUT2D eigenvalue weighted by Gasteiger charge is -2.23. The molecule has 0 saturated heterocycles. The number of hydrogen-bond acceptors (Lipinski definition) is 5. The number of nitrogens with zero attached hydrogens (tertiary/aromatic N) is 4. The van der Waals surface area contributed by atoms with Gasteiger partial charge in [-0.1, -0.05) is 19.1 Å². The summed E-state index contributed by atoms with van der Waals surface area (Å²) < 4.78 is 29.6. The Morgan fingerprint density at radius 3 is 2.69 bits per heavy atom. The van der Waals surface area contributed by atoms with Crippen LogP contribution in [0.15, 0.2) is 66.0 Å². The number of aromatic nitrogens is 5. The van der Waals surface area contributed by atoms with Crippen molar-refractivity contribution < 1.29 is 8.78 Å². The van der Waals surface area contributed by atoms with Gasteiger partial charge in [0, 0.05) is 11.4 Å². The number of fused-ring (bicyclic) bond motifs is 2. The third-order valence-electron chi connectivity index (χ3n) is 5.41. The molecule has 0 aliphatic heterocycles. The Morgan fingerprint density at radius 2 is 1.91 bits per heavy atom. The van der Waals surface area contributed by atoms with Gasteiger partial charge >= 0.3 is 0 Å². The van der Waals surface area contributed by atoms with E-state index in [9.17, 15) is 13.6 Å². The summed E-state index contributed by atoms with van der Waals surface area (Å²) in [6.45, 7) is 1.96. The highest BCUT2D eigenvalue weighted by Crippen LogP contribution is 2.28. The second-order valence-electron chi connectivity index (χ2n) is 7.32. The molecule has 2 aromatic carbocycles. The van der Waals surface area contributed by atoms with Crippen LogP contribution in [0.5, 0.6) is 0 Å². The van der Waals surface area contributed by atoms with Gasteiger partial charge in [0.05, 0.1) is 17.8 Å². The van der Waals surface area contributed by atoms with E-state index in [2.05, 4.69) is 25.3 Å². The molecule has 5 rings (SSSR count). The van der Waals surface area contributed by atoms with E-state index < -0.39 is 17.2 Å². The predicted octanol–water partition coefficient (Wildman–Crippen LogP) is 4.50. The number of hydrogen-bond donors (Lipinski definition) is 2. The van der Waals surface area contributed by atoms with Crippen LogP contribution in [0.2, 0.25) is 0 Å².